The normalized spacial score (nSPS) is 12.7. The number of hydrogen-bond acceptors (Lipinski definition) is 7. The molecular weight excluding hydrogens is 537 g/mol. The summed E-state index contributed by atoms with van der Waals surface area (Å²) in [4.78, 5) is 41.9. The zero-order valence-electron chi connectivity index (χ0n) is 23.6. The van der Waals surface area contributed by atoms with Gasteiger partial charge in [-0.25, -0.2) is 18.4 Å². The van der Waals surface area contributed by atoms with Gasteiger partial charge in [0, 0.05) is 36.2 Å². The Labute approximate surface area is 235 Å². The van der Waals surface area contributed by atoms with Gasteiger partial charge in [-0.3, -0.25) is 14.2 Å². The zero-order chi connectivity index (χ0) is 29.4. The van der Waals surface area contributed by atoms with Crippen LogP contribution in [0.15, 0.2) is 46.2 Å². The highest BCUT2D eigenvalue weighted by Crippen LogP contribution is 2.34. The Hall–Kier alpha value is -3.77. The number of aryl methyl sites for hydroxylation is 1. The molecule has 214 valence electrons. The van der Waals surface area contributed by atoms with E-state index in [0.29, 0.717) is 32.1 Å². The van der Waals surface area contributed by atoms with Crippen LogP contribution in [-0.4, -0.2) is 44.6 Å². The van der Waals surface area contributed by atoms with E-state index in [1.807, 2.05) is 0 Å². The second-order valence-electron chi connectivity index (χ2n) is 10.2. The summed E-state index contributed by atoms with van der Waals surface area (Å²) in [5, 5.41) is 8.07. The zero-order valence-corrected chi connectivity index (χ0v) is 24.5. The second-order valence-corrected chi connectivity index (χ2v) is 11.2. The lowest BCUT2D eigenvalue weighted by molar-refractivity contribution is -0.129. The van der Waals surface area contributed by atoms with Gasteiger partial charge in [0.05, 0.1) is 19.0 Å². The number of rotatable bonds is 10. The summed E-state index contributed by atoms with van der Waals surface area (Å²) in [6.45, 7) is 10.5. The Morgan fingerprint density at radius 2 is 1.98 bits per heavy atom. The Kier molecular flexibility index (Phi) is 8.31. The predicted molar refractivity (Wildman–Crippen MR) is 152 cm³/mol. The van der Waals surface area contributed by atoms with Crippen molar-refractivity contribution in [2.75, 3.05) is 13.7 Å². The van der Waals surface area contributed by atoms with E-state index in [1.165, 1.54) is 55.1 Å². The number of aromatic nitrogens is 4. The van der Waals surface area contributed by atoms with E-state index in [2.05, 4.69) is 10.4 Å². The number of halogens is 1. The van der Waals surface area contributed by atoms with Crippen molar-refractivity contribution in [1.82, 2.24) is 24.2 Å². The largest absolute Gasteiger partial charge is 0.496 e. The molecule has 1 unspecified atom stereocenters. The highest BCUT2D eigenvalue weighted by atomic mass is 32.1. The van der Waals surface area contributed by atoms with Gasteiger partial charge in [-0.2, -0.15) is 5.10 Å². The molecule has 0 saturated carbocycles. The summed E-state index contributed by atoms with van der Waals surface area (Å²) in [5.41, 5.74) is -1.75. The van der Waals surface area contributed by atoms with Gasteiger partial charge in [-0.05, 0) is 65.8 Å². The van der Waals surface area contributed by atoms with E-state index in [9.17, 15) is 18.8 Å². The fourth-order valence-electron chi connectivity index (χ4n) is 4.70. The van der Waals surface area contributed by atoms with Gasteiger partial charge < -0.3 is 14.8 Å². The summed E-state index contributed by atoms with van der Waals surface area (Å²) >= 11 is 1.23. The maximum absolute atomic E-state index is 14.4. The van der Waals surface area contributed by atoms with E-state index in [4.69, 9.17) is 9.47 Å². The molecule has 0 fully saturated rings. The number of carbonyl (C=O) groups is 1. The van der Waals surface area contributed by atoms with Crippen molar-refractivity contribution >= 4 is 27.5 Å². The smallest absolute Gasteiger partial charge is 0.333 e. The van der Waals surface area contributed by atoms with E-state index in [0.717, 1.165) is 4.57 Å². The Morgan fingerprint density at radius 1 is 1.25 bits per heavy atom. The second kappa shape index (κ2) is 11.4. The number of ether oxygens (including phenoxy) is 2. The average Bonchev–Trinajstić information content (AvgIpc) is 3.53. The molecule has 0 aliphatic heterocycles. The van der Waals surface area contributed by atoms with Crippen LogP contribution in [0, 0.1) is 12.7 Å². The van der Waals surface area contributed by atoms with Gasteiger partial charge in [-0.15, -0.1) is 0 Å². The van der Waals surface area contributed by atoms with Gasteiger partial charge in [0.25, 0.3) is 5.56 Å². The first kappa shape index (κ1) is 29.2. The fraction of sp³-hybridized carbons (Fsp3) is 0.429. The molecule has 3 heterocycles. The third-order valence-electron chi connectivity index (χ3n) is 6.69. The lowest BCUT2D eigenvalue weighted by Gasteiger charge is -2.28. The maximum atomic E-state index is 14.4. The van der Waals surface area contributed by atoms with E-state index in [-0.39, 0.29) is 19.2 Å². The molecule has 1 amide bonds. The molecule has 0 bridgehead atoms. The number of nitrogens with zero attached hydrogens (tertiary/aromatic N) is 4. The lowest BCUT2D eigenvalue weighted by atomic mass is 10.0. The summed E-state index contributed by atoms with van der Waals surface area (Å²) < 4.78 is 29.9. The van der Waals surface area contributed by atoms with Crippen molar-refractivity contribution in [3.05, 3.63) is 74.4 Å². The van der Waals surface area contributed by atoms with Crippen LogP contribution in [0.4, 0.5) is 4.39 Å². The molecule has 40 heavy (non-hydrogen) atoms. The van der Waals surface area contributed by atoms with Crippen LogP contribution >= 0.6 is 11.3 Å². The van der Waals surface area contributed by atoms with Crippen molar-refractivity contribution in [2.24, 2.45) is 0 Å². The fourth-order valence-corrected chi connectivity index (χ4v) is 5.95. The Balaban J connectivity index is 2.04. The lowest BCUT2D eigenvalue weighted by Crippen LogP contribution is -2.56. The van der Waals surface area contributed by atoms with Gasteiger partial charge in [0.15, 0.2) is 0 Å². The molecule has 0 saturated heterocycles. The number of fused-ring (bicyclic) bond motifs is 1. The molecule has 0 aliphatic carbocycles. The minimum absolute atomic E-state index is 0.0658. The third-order valence-corrected chi connectivity index (χ3v) is 7.99. The van der Waals surface area contributed by atoms with Crippen LogP contribution in [0.25, 0.3) is 15.2 Å². The first-order valence-electron chi connectivity index (χ1n) is 13.0. The van der Waals surface area contributed by atoms with Gasteiger partial charge in [0.1, 0.15) is 33.0 Å². The van der Waals surface area contributed by atoms with Crippen LogP contribution in [-0.2, 0) is 21.6 Å². The van der Waals surface area contributed by atoms with Gasteiger partial charge >= 0.3 is 5.69 Å². The molecule has 0 aliphatic rings. The average molecular weight is 572 g/mol. The highest BCUT2D eigenvalue weighted by molar-refractivity contribution is 7.21. The van der Waals surface area contributed by atoms with Crippen molar-refractivity contribution in [3.63, 3.8) is 0 Å². The van der Waals surface area contributed by atoms with Crippen LogP contribution < -0.4 is 21.3 Å². The number of thiophene rings is 1. The highest BCUT2D eigenvalue weighted by Gasteiger charge is 2.36. The monoisotopic (exact) mass is 571 g/mol. The van der Waals surface area contributed by atoms with Gasteiger partial charge in [0.2, 0.25) is 5.91 Å². The number of amides is 1. The molecule has 1 N–H and O–H groups in total. The SMILES string of the molecule is CCOC(Cn1c(=O)n(C(C)(C)C(=O)NC(C)C)c(=O)c2c(C)c(-n3cccn3)sc21)c1cc(F)ccc1OC. The number of carbonyl (C=O) groups excluding carboxylic acids is 1. The topological polar surface area (TPSA) is 109 Å². The van der Waals surface area contributed by atoms with Crippen LogP contribution in [0.5, 0.6) is 5.75 Å². The summed E-state index contributed by atoms with van der Waals surface area (Å²) in [7, 11) is 1.47. The quantitative estimate of drug-likeness (QED) is 0.309. The van der Waals surface area contributed by atoms with Crippen LogP contribution in [0.1, 0.15) is 51.8 Å². The third kappa shape index (κ3) is 5.20. The van der Waals surface area contributed by atoms with E-state index < -0.39 is 34.6 Å². The van der Waals surface area contributed by atoms with E-state index >= 15 is 0 Å². The van der Waals surface area contributed by atoms with Crippen LogP contribution in [0.3, 0.4) is 0 Å². The molecule has 10 nitrogen and oxygen atoms in total. The van der Waals surface area contributed by atoms with Crippen molar-refractivity contribution in [2.45, 2.75) is 65.8 Å². The Bertz CT molecular complexity index is 1650. The first-order valence-corrected chi connectivity index (χ1v) is 13.8. The molecule has 12 heteroatoms. The summed E-state index contributed by atoms with van der Waals surface area (Å²) in [6.07, 6.45) is 2.57. The van der Waals surface area contributed by atoms with Crippen LogP contribution in [0.2, 0.25) is 0 Å². The Morgan fingerprint density at radius 3 is 2.58 bits per heavy atom. The van der Waals surface area contributed by atoms with Crippen molar-refractivity contribution < 1.29 is 18.7 Å². The maximum Gasteiger partial charge on any atom is 0.333 e. The minimum atomic E-state index is -1.52. The first-order chi connectivity index (χ1) is 18.9. The molecule has 4 rings (SSSR count). The van der Waals surface area contributed by atoms with Crippen molar-refractivity contribution in [1.29, 1.82) is 0 Å². The van der Waals surface area contributed by atoms with E-state index in [1.54, 1.807) is 50.8 Å². The molecule has 3 aromatic heterocycles. The molecule has 1 aromatic carbocycles. The standard InChI is InChI=1S/C28H34FN5O5S/c1-8-39-21(19-14-18(29)10-11-20(19)38-7)15-32-25-22(17(4)24(40-25)33-13-9-12-30-33)23(35)34(27(32)37)28(5,6)26(36)31-16(2)3/h9-14,16,21H,8,15H2,1-7H3,(H,31,36). The predicted octanol–water partition coefficient (Wildman–Crippen LogP) is 3.90. The van der Waals surface area contributed by atoms with Gasteiger partial charge in [-0.1, -0.05) is 11.3 Å². The number of nitrogens with one attached hydrogen (secondary N) is 1. The number of methoxy groups -OCH3 is 1. The molecule has 0 radical (unpaired) electrons. The number of benzene rings is 1. The molecule has 1 atom stereocenters. The summed E-state index contributed by atoms with van der Waals surface area (Å²) in [5.74, 6) is -0.558. The minimum Gasteiger partial charge on any atom is -0.496 e. The molecule has 0 spiro atoms. The van der Waals surface area contributed by atoms with Crippen molar-refractivity contribution in [3.8, 4) is 10.8 Å². The molecular formula is C28H34FN5O5S. The molecule has 4 aromatic rings. The number of hydrogen-bond donors (Lipinski definition) is 1. The summed E-state index contributed by atoms with van der Waals surface area (Å²) in [6, 6.07) is 5.65.